The molecular weight excluding hydrogens is 254 g/mol. The second-order valence-corrected chi connectivity index (χ2v) is 5.49. The van der Waals surface area contributed by atoms with E-state index in [4.69, 9.17) is 9.26 Å². The molecule has 0 radical (unpaired) electrons. The van der Waals surface area contributed by atoms with Gasteiger partial charge in [0.25, 0.3) is 0 Å². The third-order valence-corrected chi connectivity index (χ3v) is 3.82. The molecule has 0 atom stereocenters. The van der Waals surface area contributed by atoms with Gasteiger partial charge in [0.2, 0.25) is 5.89 Å². The lowest BCUT2D eigenvalue weighted by Gasteiger charge is -2.16. The van der Waals surface area contributed by atoms with Gasteiger partial charge in [0.15, 0.2) is 5.82 Å². The van der Waals surface area contributed by atoms with Crippen LogP contribution in [0.4, 0.5) is 0 Å². The SMILES string of the molecule is c1ccc2c(c1)CN(Cc1nc(C3CC3)no1)CCO2. The van der Waals surface area contributed by atoms with Crippen LogP contribution >= 0.6 is 0 Å². The lowest BCUT2D eigenvalue weighted by molar-refractivity contribution is 0.196. The molecule has 1 aliphatic heterocycles. The molecule has 0 bridgehead atoms. The molecule has 2 aliphatic rings. The maximum absolute atomic E-state index is 5.76. The fraction of sp³-hybridized carbons (Fsp3) is 0.467. The smallest absolute Gasteiger partial charge is 0.240 e. The second kappa shape index (κ2) is 4.90. The van der Waals surface area contributed by atoms with Crippen LogP contribution < -0.4 is 4.74 Å². The monoisotopic (exact) mass is 271 g/mol. The Morgan fingerprint density at radius 2 is 2.15 bits per heavy atom. The quantitative estimate of drug-likeness (QED) is 0.857. The molecule has 1 aromatic carbocycles. The van der Waals surface area contributed by atoms with Crippen molar-refractivity contribution in [3.05, 3.63) is 41.5 Å². The molecule has 1 fully saturated rings. The highest BCUT2D eigenvalue weighted by atomic mass is 16.5. The highest BCUT2D eigenvalue weighted by Gasteiger charge is 2.29. The lowest BCUT2D eigenvalue weighted by Crippen LogP contribution is -2.25. The lowest BCUT2D eigenvalue weighted by atomic mass is 10.2. The van der Waals surface area contributed by atoms with Crippen molar-refractivity contribution in [2.75, 3.05) is 13.2 Å². The molecule has 1 saturated carbocycles. The van der Waals surface area contributed by atoms with Gasteiger partial charge in [-0.2, -0.15) is 4.98 Å². The van der Waals surface area contributed by atoms with Crippen LogP contribution in [0, 0.1) is 0 Å². The molecule has 2 heterocycles. The Hall–Kier alpha value is -1.88. The zero-order chi connectivity index (χ0) is 13.4. The first-order valence-electron chi connectivity index (χ1n) is 7.14. The van der Waals surface area contributed by atoms with Crippen LogP contribution in [0.5, 0.6) is 5.75 Å². The zero-order valence-corrected chi connectivity index (χ0v) is 11.3. The molecule has 0 saturated heterocycles. The summed E-state index contributed by atoms with van der Waals surface area (Å²) in [5, 5.41) is 4.07. The van der Waals surface area contributed by atoms with E-state index in [0.717, 1.165) is 24.7 Å². The molecule has 5 nitrogen and oxygen atoms in total. The third-order valence-electron chi connectivity index (χ3n) is 3.82. The number of aromatic nitrogens is 2. The molecule has 1 aliphatic carbocycles. The van der Waals surface area contributed by atoms with Gasteiger partial charge in [-0.25, -0.2) is 0 Å². The van der Waals surface area contributed by atoms with E-state index in [1.165, 1.54) is 18.4 Å². The second-order valence-electron chi connectivity index (χ2n) is 5.49. The molecule has 0 amide bonds. The first kappa shape index (κ1) is 11.9. The van der Waals surface area contributed by atoms with Gasteiger partial charge < -0.3 is 9.26 Å². The van der Waals surface area contributed by atoms with Gasteiger partial charge in [-0.3, -0.25) is 4.90 Å². The summed E-state index contributed by atoms with van der Waals surface area (Å²) >= 11 is 0. The number of benzene rings is 1. The molecular formula is C15H17N3O2. The van der Waals surface area contributed by atoms with Gasteiger partial charge >= 0.3 is 0 Å². The molecule has 0 unspecified atom stereocenters. The summed E-state index contributed by atoms with van der Waals surface area (Å²) in [6.45, 7) is 3.12. The third kappa shape index (κ3) is 2.41. The molecule has 1 aromatic heterocycles. The zero-order valence-electron chi connectivity index (χ0n) is 11.3. The standard InChI is InChI=1S/C15H17N3O2/c1-2-4-13-12(3-1)9-18(7-8-19-13)10-14-16-15(17-20-14)11-5-6-11/h1-4,11H,5-10H2. The van der Waals surface area contributed by atoms with Crippen molar-refractivity contribution in [1.82, 2.24) is 15.0 Å². The first-order chi connectivity index (χ1) is 9.88. The number of ether oxygens (including phenoxy) is 1. The van der Waals surface area contributed by atoms with Gasteiger partial charge in [0.1, 0.15) is 12.4 Å². The highest BCUT2D eigenvalue weighted by Crippen LogP contribution is 2.38. The number of fused-ring (bicyclic) bond motifs is 1. The van der Waals surface area contributed by atoms with Gasteiger partial charge in [-0.1, -0.05) is 23.4 Å². The van der Waals surface area contributed by atoms with Crippen molar-refractivity contribution in [3.8, 4) is 5.75 Å². The first-order valence-corrected chi connectivity index (χ1v) is 7.14. The predicted octanol–water partition coefficient (Wildman–Crippen LogP) is 2.34. The van der Waals surface area contributed by atoms with E-state index in [-0.39, 0.29) is 0 Å². The fourth-order valence-electron chi connectivity index (χ4n) is 2.55. The predicted molar refractivity (Wildman–Crippen MR) is 72.3 cm³/mol. The summed E-state index contributed by atoms with van der Waals surface area (Å²) in [6, 6.07) is 8.19. The van der Waals surface area contributed by atoms with Crippen molar-refractivity contribution in [3.63, 3.8) is 0 Å². The van der Waals surface area contributed by atoms with Crippen molar-refractivity contribution in [2.45, 2.75) is 31.8 Å². The Balaban J connectivity index is 1.48. The average Bonchev–Trinajstić information content (AvgIpc) is 3.24. The summed E-state index contributed by atoms with van der Waals surface area (Å²) in [4.78, 5) is 6.78. The summed E-state index contributed by atoms with van der Waals surface area (Å²) in [6.07, 6.45) is 2.40. The largest absolute Gasteiger partial charge is 0.492 e. The molecule has 5 heteroatoms. The van der Waals surface area contributed by atoms with E-state index in [9.17, 15) is 0 Å². The minimum atomic E-state index is 0.542. The Labute approximate surface area is 117 Å². The van der Waals surface area contributed by atoms with Gasteiger partial charge in [-0.15, -0.1) is 0 Å². The van der Waals surface area contributed by atoms with Gasteiger partial charge in [0, 0.05) is 24.6 Å². The van der Waals surface area contributed by atoms with Crippen LogP contribution in [0.25, 0.3) is 0 Å². The topological polar surface area (TPSA) is 51.4 Å². The van der Waals surface area contributed by atoms with Crippen molar-refractivity contribution < 1.29 is 9.26 Å². The van der Waals surface area contributed by atoms with Crippen LogP contribution in [0.1, 0.15) is 36.0 Å². The van der Waals surface area contributed by atoms with Gasteiger partial charge in [-0.05, 0) is 18.9 Å². The van der Waals surface area contributed by atoms with Crippen molar-refractivity contribution in [2.24, 2.45) is 0 Å². The summed E-state index contributed by atoms with van der Waals surface area (Å²) in [7, 11) is 0. The molecule has 104 valence electrons. The van der Waals surface area contributed by atoms with Gasteiger partial charge in [0.05, 0.1) is 6.54 Å². The maximum Gasteiger partial charge on any atom is 0.240 e. The van der Waals surface area contributed by atoms with E-state index >= 15 is 0 Å². The molecule has 0 N–H and O–H groups in total. The van der Waals surface area contributed by atoms with E-state index in [0.29, 0.717) is 25.0 Å². The number of hydrogen-bond donors (Lipinski definition) is 0. The number of hydrogen-bond acceptors (Lipinski definition) is 5. The average molecular weight is 271 g/mol. The van der Waals surface area contributed by atoms with Crippen LogP contribution in [0.3, 0.4) is 0 Å². The fourth-order valence-corrected chi connectivity index (χ4v) is 2.55. The summed E-state index contributed by atoms with van der Waals surface area (Å²) in [5.41, 5.74) is 1.21. The normalized spacial score (nSPS) is 19.2. The van der Waals surface area contributed by atoms with E-state index in [2.05, 4.69) is 21.1 Å². The maximum atomic E-state index is 5.76. The summed E-state index contributed by atoms with van der Waals surface area (Å²) in [5.74, 6) is 3.12. The van der Waals surface area contributed by atoms with Crippen LogP contribution in [-0.4, -0.2) is 28.2 Å². The van der Waals surface area contributed by atoms with E-state index in [1.807, 2.05) is 18.2 Å². The number of nitrogens with zero attached hydrogens (tertiary/aromatic N) is 3. The number of para-hydroxylation sites is 1. The molecule has 20 heavy (non-hydrogen) atoms. The Bertz CT molecular complexity index is 607. The Morgan fingerprint density at radius 3 is 3.05 bits per heavy atom. The van der Waals surface area contributed by atoms with Crippen LogP contribution in [0.15, 0.2) is 28.8 Å². The Kier molecular flexibility index (Phi) is 2.92. The van der Waals surface area contributed by atoms with Crippen molar-refractivity contribution >= 4 is 0 Å². The van der Waals surface area contributed by atoms with E-state index < -0.39 is 0 Å². The van der Waals surface area contributed by atoms with Crippen LogP contribution in [-0.2, 0) is 13.1 Å². The highest BCUT2D eigenvalue weighted by molar-refractivity contribution is 5.33. The minimum absolute atomic E-state index is 0.542. The number of rotatable bonds is 3. The Morgan fingerprint density at radius 1 is 1.25 bits per heavy atom. The minimum Gasteiger partial charge on any atom is -0.492 e. The summed E-state index contributed by atoms with van der Waals surface area (Å²) < 4.78 is 11.1. The molecule has 0 spiro atoms. The van der Waals surface area contributed by atoms with Crippen molar-refractivity contribution in [1.29, 1.82) is 0 Å². The van der Waals surface area contributed by atoms with Crippen LogP contribution in [0.2, 0.25) is 0 Å². The molecule has 4 rings (SSSR count). The van der Waals surface area contributed by atoms with E-state index in [1.54, 1.807) is 0 Å². The molecule has 2 aromatic rings.